The maximum absolute atomic E-state index is 8.78. The number of hydrogen-bond donors (Lipinski definition) is 0. The quantitative estimate of drug-likeness (QED) is 0.496. The van der Waals surface area contributed by atoms with Crippen LogP contribution in [-0.4, -0.2) is 24.0 Å². The molecule has 0 radical (unpaired) electrons. The number of hydrogen-bond acceptors (Lipinski definition) is 2. The fourth-order valence-electron chi connectivity index (χ4n) is 2.12. The highest BCUT2D eigenvalue weighted by Gasteiger charge is 2.55. The maximum atomic E-state index is 8.78. The first-order valence-electron chi connectivity index (χ1n) is 3.90. The van der Waals surface area contributed by atoms with Crippen molar-refractivity contribution in [1.29, 1.82) is 5.26 Å². The molecule has 0 aromatic rings. The van der Waals surface area contributed by atoms with E-state index in [1.807, 2.05) is 0 Å². The van der Waals surface area contributed by atoms with E-state index in [2.05, 4.69) is 18.0 Å². The van der Waals surface area contributed by atoms with Gasteiger partial charge in [0.25, 0.3) is 0 Å². The van der Waals surface area contributed by atoms with Crippen molar-refractivity contribution >= 4 is 0 Å². The Kier molecular flexibility index (Phi) is 1.07. The van der Waals surface area contributed by atoms with E-state index in [1.165, 1.54) is 12.8 Å². The lowest BCUT2D eigenvalue weighted by atomic mass is 10.0. The van der Waals surface area contributed by atoms with E-state index in [-0.39, 0.29) is 0 Å². The minimum atomic E-state index is 0.331. The fraction of sp³-hybridized carbons (Fsp3) is 0.875. The van der Waals surface area contributed by atoms with Crippen LogP contribution in [0.5, 0.6) is 0 Å². The zero-order valence-electron chi connectivity index (χ0n) is 6.30. The summed E-state index contributed by atoms with van der Waals surface area (Å²) < 4.78 is 0. The summed E-state index contributed by atoms with van der Waals surface area (Å²) in [6.45, 7) is 1.12. The minimum Gasteiger partial charge on any atom is -0.299 e. The second kappa shape index (κ2) is 1.73. The third-order valence-electron chi connectivity index (χ3n) is 3.08. The first-order valence-corrected chi connectivity index (χ1v) is 3.90. The molecule has 1 aliphatic heterocycles. The SMILES string of the molecule is CN1CCC(C#N)C12CC2. The average Bonchev–Trinajstić information content (AvgIpc) is 2.63. The molecule has 1 heterocycles. The van der Waals surface area contributed by atoms with E-state index >= 15 is 0 Å². The first kappa shape index (κ1) is 6.18. The lowest BCUT2D eigenvalue weighted by molar-refractivity contribution is 0.270. The Labute approximate surface area is 61.4 Å². The van der Waals surface area contributed by atoms with Gasteiger partial charge in [-0.15, -0.1) is 0 Å². The molecule has 0 N–H and O–H groups in total. The predicted molar refractivity (Wildman–Crippen MR) is 38.3 cm³/mol. The highest BCUT2D eigenvalue weighted by molar-refractivity contribution is 5.17. The molecular weight excluding hydrogens is 124 g/mol. The van der Waals surface area contributed by atoms with Crippen LogP contribution in [-0.2, 0) is 0 Å². The zero-order valence-corrected chi connectivity index (χ0v) is 6.30. The van der Waals surface area contributed by atoms with E-state index < -0.39 is 0 Å². The number of nitriles is 1. The molecule has 1 saturated heterocycles. The predicted octanol–water partition coefficient (Wildman–Crippen LogP) is 0.994. The average molecular weight is 136 g/mol. The lowest BCUT2D eigenvalue weighted by Crippen LogP contribution is -2.30. The van der Waals surface area contributed by atoms with E-state index in [9.17, 15) is 0 Å². The summed E-state index contributed by atoms with van der Waals surface area (Å²) in [6.07, 6.45) is 3.59. The summed E-state index contributed by atoms with van der Waals surface area (Å²) in [5.41, 5.74) is 0.342. The van der Waals surface area contributed by atoms with Crippen molar-refractivity contribution in [2.45, 2.75) is 24.8 Å². The zero-order chi connectivity index (χ0) is 7.19. The Morgan fingerprint density at radius 3 is 2.70 bits per heavy atom. The van der Waals surface area contributed by atoms with Crippen LogP contribution in [0.2, 0.25) is 0 Å². The van der Waals surface area contributed by atoms with E-state index in [4.69, 9.17) is 5.26 Å². The topological polar surface area (TPSA) is 27.0 Å². The molecule has 2 nitrogen and oxygen atoms in total. The van der Waals surface area contributed by atoms with Gasteiger partial charge in [0.2, 0.25) is 0 Å². The van der Waals surface area contributed by atoms with Crippen molar-refractivity contribution < 1.29 is 0 Å². The molecule has 1 saturated carbocycles. The van der Waals surface area contributed by atoms with Gasteiger partial charge in [-0.3, -0.25) is 4.90 Å². The third kappa shape index (κ3) is 0.564. The molecule has 54 valence electrons. The van der Waals surface area contributed by atoms with E-state index in [0.29, 0.717) is 11.5 Å². The molecule has 1 spiro atoms. The summed E-state index contributed by atoms with van der Waals surface area (Å²) in [6, 6.07) is 2.41. The van der Waals surface area contributed by atoms with E-state index in [1.54, 1.807) is 0 Å². The van der Waals surface area contributed by atoms with Gasteiger partial charge in [-0.05, 0) is 32.9 Å². The maximum Gasteiger partial charge on any atom is 0.0675 e. The van der Waals surface area contributed by atoms with E-state index in [0.717, 1.165) is 13.0 Å². The summed E-state index contributed by atoms with van der Waals surface area (Å²) in [4.78, 5) is 2.36. The molecule has 10 heavy (non-hydrogen) atoms. The minimum absolute atomic E-state index is 0.331. The van der Waals surface area contributed by atoms with Gasteiger partial charge >= 0.3 is 0 Å². The first-order chi connectivity index (χ1) is 4.79. The molecule has 0 aromatic heterocycles. The van der Waals surface area contributed by atoms with Crippen LogP contribution in [0.4, 0.5) is 0 Å². The molecule has 2 heteroatoms. The summed E-state index contributed by atoms with van der Waals surface area (Å²) in [5, 5.41) is 8.78. The molecule has 0 bridgehead atoms. The van der Waals surface area contributed by atoms with Crippen molar-refractivity contribution in [1.82, 2.24) is 4.90 Å². The summed E-state index contributed by atoms with van der Waals surface area (Å²) in [5.74, 6) is 0.331. The molecule has 2 aliphatic rings. The Morgan fingerprint density at radius 2 is 2.30 bits per heavy atom. The fourth-order valence-corrected chi connectivity index (χ4v) is 2.12. The second-order valence-corrected chi connectivity index (χ2v) is 3.50. The Morgan fingerprint density at radius 1 is 1.60 bits per heavy atom. The summed E-state index contributed by atoms with van der Waals surface area (Å²) in [7, 11) is 2.14. The molecule has 0 amide bonds. The number of likely N-dealkylation sites (tertiary alicyclic amines) is 1. The largest absolute Gasteiger partial charge is 0.299 e. The van der Waals surface area contributed by atoms with Crippen molar-refractivity contribution in [2.24, 2.45) is 5.92 Å². The monoisotopic (exact) mass is 136 g/mol. The molecule has 1 aliphatic carbocycles. The van der Waals surface area contributed by atoms with Gasteiger partial charge in [-0.1, -0.05) is 0 Å². The normalized spacial score (nSPS) is 36.2. The molecule has 2 rings (SSSR count). The van der Waals surface area contributed by atoms with Gasteiger partial charge in [0.05, 0.1) is 12.0 Å². The molecule has 1 atom stereocenters. The lowest BCUT2D eigenvalue weighted by Gasteiger charge is -2.19. The second-order valence-electron chi connectivity index (χ2n) is 3.50. The van der Waals surface area contributed by atoms with Gasteiger partial charge in [0.1, 0.15) is 0 Å². The highest BCUT2D eigenvalue weighted by Crippen LogP contribution is 2.51. The number of nitrogens with zero attached hydrogens (tertiary/aromatic N) is 2. The van der Waals surface area contributed by atoms with Crippen molar-refractivity contribution in [3.05, 3.63) is 0 Å². The summed E-state index contributed by atoms with van der Waals surface area (Å²) >= 11 is 0. The number of rotatable bonds is 0. The van der Waals surface area contributed by atoms with Crippen LogP contribution in [0.15, 0.2) is 0 Å². The smallest absolute Gasteiger partial charge is 0.0675 e. The Bertz CT molecular complexity index is 188. The molecular formula is C8H12N2. The van der Waals surface area contributed by atoms with Gasteiger partial charge in [-0.2, -0.15) is 5.26 Å². The third-order valence-corrected chi connectivity index (χ3v) is 3.08. The highest BCUT2D eigenvalue weighted by atomic mass is 15.2. The van der Waals surface area contributed by atoms with Gasteiger partial charge < -0.3 is 0 Å². The molecule has 2 fully saturated rings. The van der Waals surface area contributed by atoms with Crippen LogP contribution in [0.25, 0.3) is 0 Å². The van der Waals surface area contributed by atoms with Crippen LogP contribution in [0.3, 0.4) is 0 Å². The van der Waals surface area contributed by atoms with Crippen molar-refractivity contribution in [3.63, 3.8) is 0 Å². The van der Waals surface area contributed by atoms with Crippen molar-refractivity contribution in [2.75, 3.05) is 13.6 Å². The van der Waals surface area contributed by atoms with Gasteiger partial charge in [0.15, 0.2) is 0 Å². The van der Waals surface area contributed by atoms with Gasteiger partial charge in [0, 0.05) is 5.54 Å². The molecule has 1 unspecified atom stereocenters. The van der Waals surface area contributed by atoms with Crippen LogP contribution >= 0.6 is 0 Å². The van der Waals surface area contributed by atoms with Gasteiger partial charge in [-0.25, -0.2) is 0 Å². The van der Waals surface area contributed by atoms with Crippen LogP contribution in [0, 0.1) is 17.2 Å². The Hall–Kier alpha value is -0.550. The standard InChI is InChI=1S/C8H12N2/c1-10-5-2-7(6-9)8(10)3-4-8/h7H,2-5H2,1H3. The molecule has 0 aromatic carbocycles. The van der Waals surface area contributed by atoms with Crippen LogP contribution in [0.1, 0.15) is 19.3 Å². The van der Waals surface area contributed by atoms with Crippen molar-refractivity contribution in [3.8, 4) is 6.07 Å². The van der Waals surface area contributed by atoms with Crippen LogP contribution < -0.4 is 0 Å². The Balaban J connectivity index is 2.20.